The maximum atomic E-state index is 12.2. The van der Waals surface area contributed by atoms with E-state index in [0.717, 1.165) is 0 Å². The molecular weight excluding hydrogens is 336 g/mol. The molecule has 0 saturated carbocycles. The van der Waals surface area contributed by atoms with E-state index in [-0.39, 0.29) is 22.7 Å². The first-order chi connectivity index (χ1) is 13.2. The molecule has 0 aromatic heterocycles. The van der Waals surface area contributed by atoms with E-state index in [1.165, 1.54) is 24.3 Å². The number of hydrogen-bond acceptors (Lipinski definition) is 3. The summed E-state index contributed by atoms with van der Waals surface area (Å²) in [5.74, 6) is 1.14. The molecule has 0 heterocycles. The van der Waals surface area contributed by atoms with E-state index in [2.05, 4.69) is 0 Å². The lowest BCUT2D eigenvalue weighted by Crippen LogP contribution is -2.01. The van der Waals surface area contributed by atoms with Gasteiger partial charge in [0.2, 0.25) is 5.78 Å². The zero-order valence-corrected chi connectivity index (χ0v) is 14.4. The van der Waals surface area contributed by atoms with Crippen molar-refractivity contribution in [2.75, 3.05) is 0 Å². The summed E-state index contributed by atoms with van der Waals surface area (Å²) in [6, 6.07) is 18.9. The number of carbonyl (C=O) groups excluding carboxylic acids is 2. The van der Waals surface area contributed by atoms with Gasteiger partial charge in [0.15, 0.2) is 5.78 Å². The van der Waals surface area contributed by atoms with Crippen molar-refractivity contribution in [2.24, 2.45) is 0 Å². The number of hydrogen-bond donors (Lipinski definition) is 0. The standard InChI is InChI=1S/C23H15N2O2/c24-16-20(22(26)18-10-4-1-5-11-18)14-8-3-9-15-21(17-25)23(27)19-12-6-2-7-13-19/h1-15H/q-1/b8-3+,15-9+,20-14+. The van der Waals surface area contributed by atoms with Crippen LogP contribution in [0.25, 0.3) is 5.41 Å². The van der Waals surface area contributed by atoms with Crippen LogP contribution in [0.15, 0.2) is 102 Å². The van der Waals surface area contributed by atoms with Crippen molar-refractivity contribution in [2.45, 2.75) is 0 Å². The van der Waals surface area contributed by atoms with Crippen LogP contribution in [0.3, 0.4) is 0 Å². The van der Waals surface area contributed by atoms with Crippen LogP contribution < -0.4 is 0 Å². The Morgan fingerprint density at radius 1 is 0.815 bits per heavy atom. The molecule has 0 saturated heterocycles. The molecule has 0 aliphatic rings. The summed E-state index contributed by atoms with van der Waals surface area (Å²) in [5, 5.41) is 18.3. The lowest BCUT2D eigenvalue weighted by Gasteiger charge is -2.00. The van der Waals surface area contributed by atoms with Crippen molar-refractivity contribution < 1.29 is 9.59 Å². The molecule has 2 rings (SSSR count). The Balaban J connectivity index is 2.07. The molecule has 0 spiro atoms. The van der Waals surface area contributed by atoms with Gasteiger partial charge in [-0.15, -0.1) is 0 Å². The summed E-state index contributed by atoms with van der Waals surface area (Å²) in [6.07, 6.45) is 7.36. The second-order valence-corrected chi connectivity index (χ2v) is 5.35. The van der Waals surface area contributed by atoms with E-state index < -0.39 is 0 Å². The Bertz CT molecular complexity index is 1000. The minimum absolute atomic E-state index is 0.00398. The number of ketones is 2. The first-order valence-corrected chi connectivity index (χ1v) is 8.09. The van der Waals surface area contributed by atoms with Gasteiger partial charge in [-0.2, -0.15) is 5.26 Å². The van der Waals surface area contributed by atoms with Gasteiger partial charge in [0, 0.05) is 16.7 Å². The van der Waals surface area contributed by atoms with Crippen LogP contribution in [0.1, 0.15) is 20.7 Å². The molecule has 0 aliphatic heterocycles. The SMILES string of the molecule is N#C\C(=C/C=C/C=C/C(=C=[N-])C(=O)c1ccccc1)C(=O)c1ccccc1. The summed E-state index contributed by atoms with van der Waals surface area (Å²) in [5.41, 5.74) is 0.858. The van der Waals surface area contributed by atoms with Gasteiger partial charge >= 0.3 is 0 Å². The van der Waals surface area contributed by atoms with Crippen molar-refractivity contribution in [1.29, 1.82) is 5.26 Å². The minimum atomic E-state index is -0.365. The fourth-order valence-corrected chi connectivity index (χ4v) is 2.19. The van der Waals surface area contributed by atoms with E-state index in [0.29, 0.717) is 11.1 Å². The van der Waals surface area contributed by atoms with E-state index in [9.17, 15) is 9.59 Å². The van der Waals surface area contributed by atoms with Gasteiger partial charge in [-0.1, -0.05) is 78.9 Å². The topological polar surface area (TPSA) is 80.2 Å². The highest BCUT2D eigenvalue weighted by Gasteiger charge is 2.10. The molecule has 4 nitrogen and oxygen atoms in total. The van der Waals surface area contributed by atoms with Gasteiger partial charge in [0.05, 0.1) is 5.57 Å². The molecule has 130 valence electrons. The number of Topliss-reactive ketones (excluding diaryl/α,β-unsaturated/α-hetero) is 2. The van der Waals surface area contributed by atoms with E-state index in [1.54, 1.807) is 66.7 Å². The maximum Gasteiger partial charge on any atom is 0.203 e. The molecule has 2 aromatic carbocycles. The first kappa shape index (κ1) is 19.3. The molecule has 27 heavy (non-hydrogen) atoms. The highest BCUT2D eigenvalue weighted by molar-refractivity contribution is 6.16. The normalized spacial score (nSPS) is 11.1. The summed E-state index contributed by atoms with van der Waals surface area (Å²) >= 11 is 0. The molecule has 0 atom stereocenters. The van der Waals surface area contributed by atoms with Crippen LogP contribution in [0.4, 0.5) is 0 Å². The molecule has 2 aromatic rings. The molecule has 0 unspecified atom stereocenters. The average molecular weight is 351 g/mol. The minimum Gasteiger partial charge on any atom is -0.763 e. The van der Waals surface area contributed by atoms with Gasteiger partial charge < -0.3 is 5.41 Å². The smallest absolute Gasteiger partial charge is 0.203 e. The number of carbonyl (C=O) groups is 2. The lowest BCUT2D eigenvalue weighted by molar-refractivity contribution is 0.103. The summed E-state index contributed by atoms with van der Waals surface area (Å²) in [6.45, 7) is 0. The summed E-state index contributed by atoms with van der Waals surface area (Å²) in [4.78, 5) is 24.4. The molecule has 0 N–H and O–H groups in total. The van der Waals surface area contributed by atoms with E-state index in [1.807, 2.05) is 11.9 Å². The van der Waals surface area contributed by atoms with Crippen molar-refractivity contribution in [3.05, 3.63) is 119 Å². The third-order valence-corrected chi connectivity index (χ3v) is 3.55. The van der Waals surface area contributed by atoms with Crippen molar-refractivity contribution in [3.63, 3.8) is 0 Å². The highest BCUT2D eigenvalue weighted by atomic mass is 16.1. The number of nitriles is 1. The van der Waals surface area contributed by atoms with Crippen LogP contribution in [-0.4, -0.2) is 17.4 Å². The quantitative estimate of drug-likeness (QED) is 0.242. The second-order valence-electron chi connectivity index (χ2n) is 5.35. The summed E-state index contributed by atoms with van der Waals surface area (Å²) in [7, 11) is 0. The van der Waals surface area contributed by atoms with Crippen molar-refractivity contribution >= 4 is 17.4 Å². The van der Waals surface area contributed by atoms with Crippen LogP contribution >= 0.6 is 0 Å². The van der Waals surface area contributed by atoms with Crippen LogP contribution in [0.2, 0.25) is 0 Å². The number of benzene rings is 2. The van der Waals surface area contributed by atoms with Gasteiger partial charge in [-0.05, 0) is 12.2 Å². The maximum absolute atomic E-state index is 12.2. The van der Waals surface area contributed by atoms with E-state index in [4.69, 9.17) is 10.7 Å². The number of nitrogens with zero attached hydrogens (tertiary/aromatic N) is 2. The Morgan fingerprint density at radius 3 is 1.89 bits per heavy atom. The predicted octanol–water partition coefficient (Wildman–Crippen LogP) is 4.48. The van der Waals surface area contributed by atoms with Crippen LogP contribution in [-0.2, 0) is 0 Å². The average Bonchev–Trinajstić information content (AvgIpc) is 2.74. The Labute approximate surface area is 157 Å². The Hall–Kier alpha value is -4.06. The molecule has 0 fully saturated rings. The number of allylic oxidation sites excluding steroid dienone is 7. The van der Waals surface area contributed by atoms with Crippen molar-refractivity contribution in [1.82, 2.24) is 0 Å². The van der Waals surface area contributed by atoms with Gasteiger partial charge in [0.25, 0.3) is 0 Å². The fourth-order valence-electron chi connectivity index (χ4n) is 2.19. The zero-order chi connectivity index (χ0) is 19.5. The lowest BCUT2D eigenvalue weighted by atomic mass is 10.0. The monoisotopic (exact) mass is 351 g/mol. The molecule has 0 bridgehead atoms. The van der Waals surface area contributed by atoms with E-state index >= 15 is 0 Å². The van der Waals surface area contributed by atoms with Gasteiger partial charge in [-0.3, -0.25) is 15.5 Å². The third-order valence-electron chi connectivity index (χ3n) is 3.55. The number of rotatable bonds is 7. The Kier molecular flexibility index (Phi) is 7.17. The third kappa shape index (κ3) is 5.47. The molecule has 0 amide bonds. The first-order valence-electron chi connectivity index (χ1n) is 8.09. The van der Waals surface area contributed by atoms with Crippen LogP contribution in [0, 0.1) is 11.3 Å². The zero-order valence-electron chi connectivity index (χ0n) is 14.4. The summed E-state index contributed by atoms with van der Waals surface area (Å²) < 4.78 is 0. The largest absolute Gasteiger partial charge is 0.763 e. The Morgan fingerprint density at radius 2 is 1.37 bits per heavy atom. The van der Waals surface area contributed by atoms with Crippen molar-refractivity contribution in [3.8, 4) is 6.07 Å². The molecule has 0 aliphatic carbocycles. The molecule has 4 heteroatoms. The predicted molar refractivity (Wildman–Crippen MR) is 105 cm³/mol. The molecule has 0 radical (unpaired) electrons. The van der Waals surface area contributed by atoms with Gasteiger partial charge in [0.1, 0.15) is 6.07 Å². The fraction of sp³-hybridized carbons (Fsp3) is 0. The highest BCUT2D eigenvalue weighted by Crippen LogP contribution is 2.09. The second kappa shape index (κ2) is 10.0. The van der Waals surface area contributed by atoms with Gasteiger partial charge in [-0.25, -0.2) is 0 Å². The molecular formula is C23H15N2O2-. The van der Waals surface area contributed by atoms with Crippen LogP contribution in [0.5, 0.6) is 0 Å².